The SMILES string of the molecule is CCCCC[C@H](C)NC(=O)c1cn(-c2ccc3c(c2)OCCO3)nn1. The number of unbranched alkanes of at least 4 members (excludes halogenated alkanes) is 2. The summed E-state index contributed by atoms with van der Waals surface area (Å²) in [6, 6.07) is 5.65. The number of nitrogens with one attached hydrogen (secondary N) is 1. The van der Waals surface area contributed by atoms with Crippen LogP contribution in [0.3, 0.4) is 0 Å². The molecule has 25 heavy (non-hydrogen) atoms. The lowest BCUT2D eigenvalue weighted by Gasteiger charge is -2.18. The molecule has 1 aromatic carbocycles. The van der Waals surface area contributed by atoms with Gasteiger partial charge in [-0.15, -0.1) is 5.10 Å². The average molecular weight is 344 g/mol. The van der Waals surface area contributed by atoms with Crippen LogP contribution in [0.25, 0.3) is 5.69 Å². The Hall–Kier alpha value is -2.57. The second kappa shape index (κ2) is 8.00. The van der Waals surface area contributed by atoms with E-state index in [0.29, 0.717) is 30.4 Å². The highest BCUT2D eigenvalue weighted by Gasteiger charge is 2.16. The minimum atomic E-state index is -0.201. The predicted molar refractivity (Wildman–Crippen MR) is 93.4 cm³/mol. The maximum Gasteiger partial charge on any atom is 0.273 e. The van der Waals surface area contributed by atoms with Gasteiger partial charge in [0.2, 0.25) is 0 Å². The van der Waals surface area contributed by atoms with Crippen molar-refractivity contribution in [3.8, 4) is 17.2 Å². The summed E-state index contributed by atoms with van der Waals surface area (Å²) in [4.78, 5) is 12.3. The van der Waals surface area contributed by atoms with Crippen LogP contribution in [0.4, 0.5) is 0 Å². The molecule has 1 aromatic heterocycles. The van der Waals surface area contributed by atoms with Gasteiger partial charge in [0, 0.05) is 12.1 Å². The minimum Gasteiger partial charge on any atom is -0.486 e. The van der Waals surface area contributed by atoms with E-state index in [1.165, 1.54) is 12.8 Å². The molecule has 0 bridgehead atoms. The van der Waals surface area contributed by atoms with Crippen molar-refractivity contribution >= 4 is 5.91 Å². The van der Waals surface area contributed by atoms with E-state index in [4.69, 9.17) is 9.47 Å². The van der Waals surface area contributed by atoms with Gasteiger partial charge >= 0.3 is 0 Å². The zero-order valence-electron chi connectivity index (χ0n) is 14.7. The van der Waals surface area contributed by atoms with Crippen LogP contribution < -0.4 is 14.8 Å². The second-order valence-electron chi connectivity index (χ2n) is 6.25. The van der Waals surface area contributed by atoms with Crippen molar-refractivity contribution in [1.29, 1.82) is 0 Å². The highest BCUT2D eigenvalue weighted by atomic mass is 16.6. The van der Waals surface area contributed by atoms with Crippen LogP contribution in [0.15, 0.2) is 24.4 Å². The first-order chi connectivity index (χ1) is 12.2. The van der Waals surface area contributed by atoms with Crippen molar-refractivity contribution in [3.63, 3.8) is 0 Å². The highest BCUT2D eigenvalue weighted by molar-refractivity contribution is 5.92. The van der Waals surface area contributed by atoms with Crippen molar-refractivity contribution in [2.75, 3.05) is 13.2 Å². The zero-order valence-corrected chi connectivity index (χ0v) is 14.7. The molecule has 7 nitrogen and oxygen atoms in total. The van der Waals surface area contributed by atoms with E-state index in [0.717, 1.165) is 18.5 Å². The fourth-order valence-corrected chi connectivity index (χ4v) is 2.74. The molecule has 134 valence electrons. The third-order valence-electron chi connectivity index (χ3n) is 4.13. The molecule has 1 aliphatic heterocycles. The fraction of sp³-hybridized carbons (Fsp3) is 0.500. The highest BCUT2D eigenvalue weighted by Crippen LogP contribution is 2.31. The van der Waals surface area contributed by atoms with Crippen LogP contribution in [-0.4, -0.2) is 40.2 Å². The Balaban J connectivity index is 1.64. The van der Waals surface area contributed by atoms with Gasteiger partial charge in [0.1, 0.15) is 13.2 Å². The summed E-state index contributed by atoms with van der Waals surface area (Å²) in [6.07, 6.45) is 6.06. The monoisotopic (exact) mass is 344 g/mol. The molecule has 2 heterocycles. The van der Waals surface area contributed by atoms with Crippen molar-refractivity contribution in [2.45, 2.75) is 45.6 Å². The first-order valence-corrected chi connectivity index (χ1v) is 8.80. The molecule has 7 heteroatoms. The van der Waals surface area contributed by atoms with Gasteiger partial charge in [0.15, 0.2) is 17.2 Å². The number of carbonyl (C=O) groups excluding carboxylic acids is 1. The van der Waals surface area contributed by atoms with Crippen LogP contribution in [0, 0.1) is 0 Å². The largest absolute Gasteiger partial charge is 0.486 e. The molecule has 1 aliphatic rings. The zero-order chi connectivity index (χ0) is 17.6. The van der Waals surface area contributed by atoms with Gasteiger partial charge in [0.05, 0.1) is 11.9 Å². The molecule has 0 unspecified atom stereocenters. The quantitative estimate of drug-likeness (QED) is 0.782. The lowest BCUT2D eigenvalue weighted by atomic mass is 10.1. The van der Waals surface area contributed by atoms with Gasteiger partial charge in [-0.25, -0.2) is 4.68 Å². The van der Waals surface area contributed by atoms with Gasteiger partial charge in [-0.3, -0.25) is 4.79 Å². The van der Waals surface area contributed by atoms with Gasteiger partial charge in [-0.1, -0.05) is 31.4 Å². The Bertz CT molecular complexity index is 729. The molecule has 0 saturated heterocycles. The lowest BCUT2D eigenvalue weighted by molar-refractivity contribution is 0.0933. The smallest absolute Gasteiger partial charge is 0.273 e. The van der Waals surface area contributed by atoms with Gasteiger partial charge in [-0.05, 0) is 25.5 Å². The van der Waals surface area contributed by atoms with Crippen LogP contribution in [0.5, 0.6) is 11.5 Å². The number of hydrogen-bond acceptors (Lipinski definition) is 5. The Labute approximate surface area is 147 Å². The standard InChI is InChI=1S/C18H24N4O3/c1-3-4-5-6-13(2)19-18(23)15-12-22(21-20-15)14-7-8-16-17(11-14)25-10-9-24-16/h7-8,11-13H,3-6,9-10H2,1-2H3,(H,19,23)/t13-/m0/s1. The van der Waals surface area contributed by atoms with Crippen LogP contribution in [-0.2, 0) is 0 Å². The van der Waals surface area contributed by atoms with Gasteiger partial charge in [0.25, 0.3) is 5.91 Å². The molecule has 0 radical (unpaired) electrons. The Kier molecular flexibility index (Phi) is 5.53. The number of nitrogens with zero attached hydrogens (tertiary/aromatic N) is 3. The van der Waals surface area contributed by atoms with Crippen molar-refractivity contribution in [3.05, 3.63) is 30.1 Å². The molecule has 0 aliphatic carbocycles. The van der Waals surface area contributed by atoms with Crippen LogP contribution >= 0.6 is 0 Å². The van der Waals surface area contributed by atoms with Crippen LogP contribution in [0.1, 0.15) is 50.0 Å². The fourth-order valence-electron chi connectivity index (χ4n) is 2.74. The summed E-state index contributed by atoms with van der Waals surface area (Å²) in [5.74, 6) is 1.19. The van der Waals surface area contributed by atoms with Crippen LogP contribution in [0.2, 0.25) is 0 Å². The van der Waals surface area contributed by atoms with E-state index in [-0.39, 0.29) is 11.9 Å². The Morgan fingerprint density at radius 2 is 2.08 bits per heavy atom. The summed E-state index contributed by atoms with van der Waals surface area (Å²) in [6.45, 7) is 5.26. The molecular formula is C18H24N4O3. The molecule has 0 spiro atoms. The lowest BCUT2D eigenvalue weighted by Crippen LogP contribution is -2.32. The summed E-state index contributed by atoms with van der Waals surface area (Å²) < 4.78 is 12.6. The number of fused-ring (bicyclic) bond motifs is 1. The average Bonchev–Trinajstić information content (AvgIpc) is 3.12. The second-order valence-corrected chi connectivity index (χ2v) is 6.25. The summed E-state index contributed by atoms with van der Waals surface area (Å²) in [7, 11) is 0. The van der Waals surface area contributed by atoms with E-state index >= 15 is 0 Å². The summed E-state index contributed by atoms with van der Waals surface area (Å²) in [5, 5.41) is 11.0. The molecule has 3 rings (SSSR count). The predicted octanol–water partition coefficient (Wildman–Crippen LogP) is 2.74. The van der Waals surface area contributed by atoms with E-state index in [1.807, 2.05) is 25.1 Å². The van der Waals surface area contributed by atoms with E-state index in [9.17, 15) is 4.79 Å². The van der Waals surface area contributed by atoms with E-state index < -0.39 is 0 Å². The summed E-state index contributed by atoms with van der Waals surface area (Å²) >= 11 is 0. The van der Waals surface area contributed by atoms with Crippen molar-refractivity contribution in [2.24, 2.45) is 0 Å². The first kappa shape index (κ1) is 17.3. The molecule has 1 atom stereocenters. The maximum absolute atomic E-state index is 12.3. The van der Waals surface area contributed by atoms with E-state index in [2.05, 4.69) is 22.6 Å². The topological polar surface area (TPSA) is 78.3 Å². The number of carbonyl (C=O) groups is 1. The number of rotatable bonds is 7. The molecule has 2 aromatic rings. The number of amides is 1. The number of benzene rings is 1. The third-order valence-corrected chi connectivity index (χ3v) is 4.13. The molecule has 1 amide bonds. The normalized spacial score (nSPS) is 14.2. The third kappa shape index (κ3) is 4.29. The maximum atomic E-state index is 12.3. The van der Waals surface area contributed by atoms with Crippen molar-refractivity contribution in [1.82, 2.24) is 20.3 Å². The van der Waals surface area contributed by atoms with Gasteiger partial charge in [-0.2, -0.15) is 0 Å². The number of ether oxygens (including phenoxy) is 2. The molecule has 0 saturated carbocycles. The molecule has 0 fully saturated rings. The minimum absolute atomic E-state index is 0.124. The Morgan fingerprint density at radius 3 is 2.88 bits per heavy atom. The Morgan fingerprint density at radius 1 is 1.28 bits per heavy atom. The number of aromatic nitrogens is 3. The molecule has 1 N–H and O–H groups in total. The first-order valence-electron chi connectivity index (χ1n) is 8.80. The van der Waals surface area contributed by atoms with Crippen molar-refractivity contribution < 1.29 is 14.3 Å². The summed E-state index contributed by atoms with van der Waals surface area (Å²) in [5.41, 5.74) is 1.07. The molecular weight excluding hydrogens is 320 g/mol. The number of hydrogen-bond donors (Lipinski definition) is 1. The van der Waals surface area contributed by atoms with E-state index in [1.54, 1.807) is 10.9 Å². The van der Waals surface area contributed by atoms with Gasteiger partial charge < -0.3 is 14.8 Å².